The van der Waals surface area contributed by atoms with Crippen molar-refractivity contribution in [3.8, 4) is 0 Å². The number of esters is 1. The van der Waals surface area contributed by atoms with Gasteiger partial charge < -0.3 is 20.5 Å². The van der Waals surface area contributed by atoms with Gasteiger partial charge in [0.2, 0.25) is 0 Å². The monoisotopic (exact) mass is 284 g/mol. The molecule has 1 heterocycles. The summed E-state index contributed by atoms with van der Waals surface area (Å²) in [5.74, 6) is -0.971. The lowest BCUT2D eigenvalue weighted by atomic mass is 9.71. The van der Waals surface area contributed by atoms with Crippen LogP contribution in [-0.2, 0) is 14.3 Å². The summed E-state index contributed by atoms with van der Waals surface area (Å²) < 4.78 is 4.78. The molecule has 2 fully saturated rings. The summed E-state index contributed by atoms with van der Waals surface area (Å²) in [6.45, 7) is 2.84. The van der Waals surface area contributed by atoms with Gasteiger partial charge in [0.1, 0.15) is 0 Å². The number of rotatable bonds is 3. The van der Waals surface area contributed by atoms with Gasteiger partial charge in [-0.1, -0.05) is 12.8 Å². The van der Waals surface area contributed by atoms with Crippen molar-refractivity contribution in [1.82, 2.24) is 4.90 Å². The zero-order valence-electron chi connectivity index (χ0n) is 12.0. The van der Waals surface area contributed by atoms with Crippen molar-refractivity contribution in [1.29, 1.82) is 0 Å². The largest absolute Gasteiger partial charge is 0.464 e. The second kappa shape index (κ2) is 6.10. The van der Waals surface area contributed by atoms with E-state index in [1.807, 2.05) is 0 Å². The van der Waals surface area contributed by atoms with Gasteiger partial charge in [0.25, 0.3) is 5.91 Å². The van der Waals surface area contributed by atoms with E-state index in [-0.39, 0.29) is 12.5 Å². The van der Waals surface area contributed by atoms with Crippen LogP contribution in [0.2, 0.25) is 0 Å². The molecule has 0 aromatic rings. The molecule has 3 N–H and O–H groups in total. The van der Waals surface area contributed by atoms with Crippen molar-refractivity contribution in [2.45, 2.75) is 50.7 Å². The van der Waals surface area contributed by atoms with Gasteiger partial charge in [0.15, 0.2) is 6.04 Å². The van der Waals surface area contributed by atoms with Crippen LogP contribution in [0.15, 0.2) is 0 Å². The number of ether oxygens (including phenoxy) is 1. The number of piperidine rings is 1. The van der Waals surface area contributed by atoms with Crippen molar-refractivity contribution < 1.29 is 19.4 Å². The molecule has 2 rings (SSSR count). The number of nitrogens with two attached hydrogens (primary N) is 1. The van der Waals surface area contributed by atoms with Crippen molar-refractivity contribution >= 4 is 11.9 Å². The second-order valence-electron chi connectivity index (χ2n) is 5.81. The molecule has 1 amide bonds. The average molecular weight is 284 g/mol. The number of carbonyl (C=O) groups is 2. The van der Waals surface area contributed by atoms with Crippen LogP contribution in [0, 0.1) is 5.92 Å². The zero-order chi connectivity index (χ0) is 14.8. The number of nitrogens with zero attached hydrogens (tertiary/aromatic N) is 1. The van der Waals surface area contributed by atoms with Gasteiger partial charge in [-0.3, -0.25) is 4.79 Å². The van der Waals surface area contributed by atoms with Gasteiger partial charge >= 0.3 is 5.97 Å². The fraction of sp³-hybridized carbons (Fsp3) is 0.857. The Hall–Kier alpha value is -1.14. The fourth-order valence-corrected chi connectivity index (χ4v) is 3.30. The highest BCUT2D eigenvalue weighted by Crippen LogP contribution is 2.39. The van der Waals surface area contributed by atoms with E-state index in [9.17, 15) is 14.7 Å². The molecular formula is C14H24N2O4. The molecule has 1 saturated heterocycles. The van der Waals surface area contributed by atoms with Crippen LogP contribution in [0.25, 0.3) is 0 Å². The summed E-state index contributed by atoms with van der Waals surface area (Å²) >= 11 is 0. The first kappa shape index (κ1) is 15.3. The molecule has 20 heavy (non-hydrogen) atoms. The first-order chi connectivity index (χ1) is 9.48. The second-order valence-corrected chi connectivity index (χ2v) is 5.81. The normalized spacial score (nSPS) is 31.4. The molecule has 2 aliphatic rings. The Balaban J connectivity index is 1.97. The van der Waals surface area contributed by atoms with Crippen LogP contribution in [0.1, 0.15) is 39.0 Å². The lowest BCUT2D eigenvalue weighted by Gasteiger charge is -2.47. The van der Waals surface area contributed by atoms with Crippen molar-refractivity contribution in [2.75, 3.05) is 19.7 Å². The Morgan fingerprint density at radius 1 is 1.45 bits per heavy atom. The SMILES string of the molecule is CCOC(=O)C(N)C(=O)N1CCC2(O)CCCCC2C1. The number of fused-ring (bicyclic) bond motifs is 1. The minimum Gasteiger partial charge on any atom is -0.464 e. The predicted octanol–water partition coefficient (Wildman–Crippen LogP) is 0.0304. The number of carbonyl (C=O) groups excluding carboxylic acids is 2. The van der Waals surface area contributed by atoms with Crippen LogP contribution in [0.5, 0.6) is 0 Å². The third-order valence-electron chi connectivity index (χ3n) is 4.55. The topological polar surface area (TPSA) is 92.9 Å². The van der Waals surface area contributed by atoms with Gasteiger partial charge in [-0.15, -0.1) is 0 Å². The van der Waals surface area contributed by atoms with Crippen LogP contribution < -0.4 is 5.73 Å². The number of aliphatic hydroxyl groups is 1. The highest BCUT2D eigenvalue weighted by atomic mass is 16.5. The van der Waals surface area contributed by atoms with Gasteiger partial charge in [-0.05, 0) is 26.2 Å². The van der Waals surface area contributed by atoms with E-state index in [0.29, 0.717) is 19.5 Å². The molecule has 0 aromatic heterocycles. The Labute approximate surface area is 119 Å². The van der Waals surface area contributed by atoms with E-state index in [0.717, 1.165) is 25.7 Å². The van der Waals surface area contributed by atoms with E-state index in [1.54, 1.807) is 11.8 Å². The van der Waals surface area contributed by atoms with Crippen LogP contribution in [0.3, 0.4) is 0 Å². The lowest BCUT2D eigenvalue weighted by Crippen LogP contribution is -2.58. The van der Waals surface area contributed by atoms with Gasteiger partial charge in [0, 0.05) is 19.0 Å². The fourth-order valence-electron chi connectivity index (χ4n) is 3.30. The first-order valence-electron chi connectivity index (χ1n) is 7.41. The summed E-state index contributed by atoms with van der Waals surface area (Å²) in [6, 6.07) is -1.25. The predicted molar refractivity (Wildman–Crippen MR) is 72.7 cm³/mol. The van der Waals surface area contributed by atoms with Crippen molar-refractivity contribution in [2.24, 2.45) is 11.7 Å². The van der Waals surface area contributed by atoms with E-state index >= 15 is 0 Å². The highest BCUT2D eigenvalue weighted by molar-refractivity contribution is 6.01. The minimum atomic E-state index is -1.25. The lowest BCUT2D eigenvalue weighted by molar-refractivity contribution is -0.155. The van der Waals surface area contributed by atoms with E-state index < -0.39 is 23.5 Å². The maximum atomic E-state index is 12.2. The van der Waals surface area contributed by atoms with E-state index in [2.05, 4.69) is 0 Å². The molecule has 1 aliphatic heterocycles. The standard InChI is InChI=1S/C14H24N2O4/c1-2-20-13(18)11(15)12(17)16-8-7-14(19)6-4-3-5-10(14)9-16/h10-11,19H,2-9,15H2,1H3. The van der Waals surface area contributed by atoms with Gasteiger partial charge in [-0.2, -0.15) is 0 Å². The molecule has 6 nitrogen and oxygen atoms in total. The molecule has 0 aromatic carbocycles. The number of hydrogen-bond donors (Lipinski definition) is 2. The number of likely N-dealkylation sites (tertiary alicyclic amines) is 1. The molecule has 0 radical (unpaired) electrons. The van der Waals surface area contributed by atoms with E-state index in [4.69, 9.17) is 10.5 Å². The summed E-state index contributed by atoms with van der Waals surface area (Å²) in [7, 11) is 0. The Bertz CT molecular complexity index is 387. The maximum absolute atomic E-state index is 12.2. The maximum Gasteiger partial charge on any atom is 0.332 e. The molecule has 0 spiro atoms. The molecule has 0 bridgehead atoms. The van der Waals surface area contributed by atoms with Gasteiger partial charge in [0.05, 0.1) is 12.2 Å². The van der Waals surface area contributed by atoms with Crippen molar-refractivity contribution in [3.63, 3.8) is 0 Å². The molecule has 1 saturated carbocycles. The number of hydrogen-bond acceptors (Lipinski definition) is 5. The molecule has 114 valence electrons. The van der Waals surface area contributed by atoms with Crippen LogP contribution in [-0.4, -0.2) is 53.2 Å². The molecule has 3 unspecified atom stereocenters. The Morgan fingerprint density at radius 2 is 2.20 bits per heavy atom. The molecule has 3 atom stereocenters. The summed E-state index contributed by atoms with van der Waals surface area (Å²) in [4.78, 5) is 25.3. The summed E-state index contributed by atoms with van der Waals surface area (Å²) in [5, 5.41) is 10.6. The minimum absolute atomic E-state index is 0.100. The smallest absolute Gasteiger partial charge is 0.332 e. The zero-order valence-corrected chi connectivity index (χ0v) is 12.0. The van der Waals surface area contributed by atoms with E-state index in [1.165, 1.54) is 0 Å². The summed E-state index contributed by atoms with van der Waals surface area (Å²) in [6.07, 6.45) is 4.43. The Morgan fingerprint density at radius 3 is 2.90 bits per heavy atom. The molecular weight excluding hydrogens is 260 g/mol. The highest BCUT2D eigenvalue weighted by Gasteiger charge is 2.44. The summed E-state index contributed by atoms with van der Waals surface area (Å²) in [5.41, 5.74) is 5.01. The van der Waals surface area contributed by atoms with Crippen LogP contribution >= 0.6 is 0 Å². The van der Waals surface area contributed by atoms with Crippen LogP contribution in [0.4, 0.5) is 0 Å². The third-order valence-corrected chi connectivity index (χ3v) is 4.55. The number of amides is 1. The van der Waals surface area contributed by atoms with Crippen molar-refractivity contribution in [3.05, 3.63) is 0 Å². The molecule has 1 aliphatic carbocycles. The quantitative estimate of drug-likeness (QED) is 0.563. The first-order valence-corrected chi connectivity index (χ1v) is 7.41. The average Bonchev–Trinajstić information content (AvgIpc) is 2.45. The molecule has 6 heteroatoms. The Kier molecular flexibility index (Phi) is 4.65. The van der Waals surface area contributed by atoms with Gasteiger partial charge in [-0.25, -0.2) is 4.79 Å². The third kappa shape index (κ3) is 2.96.